The van der Waals surface area contributed by atoms with Crippen LogP contribution < -0.4 is 5.32 Å². The lowest BCUT2D eigenvalue weighted by molar-refractivity contribution is -0.121. The van der Waals surface area contributed by atoms with Gasteiger partial charge in [0.15, 0.2) is 0 Å². The molecule has 132 valence electrons. The zero-order valence-corrected chi connectivity index (χ0v) is 14.6. The van der Waals surface area contributed by atoms with Gasteiger partial charge in [0.1, 0.15) is 11.5 Å². The number of carbonyl (C=O) groups excluding carboxylic acids is 2. The molecule has 0 aliphatic heterocycles. The number of hydrogen-bond donors (Lipinski definition) is 1. The van der Waals surface area contributed by atoms with Crippen LogP contribution in [0.3, 0.4) is 0 Å². The fourth-order valence-corrected chi connectivity index (χ4v) is 2.85. The molecule has 0 atom stereocenters. The minimum Gasteiger partial charge on any atom is -0.466 e. The van der Waals surface area contributed by atoms with Crippen molar-refractivity contribution in [3.8, 4) is 0 Å². The van der Waals surface area contributed by atoms with Gasteiger partial charge in [-0.3, -0.25) is 14.6 Å². The second-order valence-electron chi connectivity index (χ2n) is 6.44. The monoisotopic (exact) mass is 341 g/mol. The maximum Gasteiger partial charge on any atom is 0.257 e. The van der Waals surface area contributed by atoms with Gasteiger partial charge in [0.05, 0.1) is 5.56 Å². The van der Waals surface area contributed by atoms with E-state index in [4.69, 9.17) is 4.42 Å². The van der Waals surface area contributed by atoms with Gasteiger partial charge in [-0.25, -0.2) is 0 Å². The van der Waals surface area contributed by atoms with Crippen LogP contribution in [0.4, 0.5) is 0 Å². The van der Waals surface area contributed by atoms with Crippen LogP contribution >= 0.6 is 0 Å². The lowest BCUT2D eigenvalue weighted by Crippen LogP contribution is -2.36. The van der Waals surface area contributed by atoms with E-state index in [0.29, 0.717) is 30.8 Å². The van der Waals surface area contributed by atoms with Crippen molar-refractivity contribution >= 4 is 11.8 Å². The Kier molecular flexibility index (Phi) is 5.16. The van der Waals surface area contributed by atoms with Crippen LogP contribution in [-0.2, 0) is 11.3 Å². The van der Waals surface area contributed by atoms with E-state index in [1.165, 1.54) is 0 Å². The molecule has 0 radical (unpaired) electrons. The molecular formula is C19H23N3O3. The van der Waals surface area contributed by atoms with Crippen LogP contribution in [0.2, 0.25) is 0 Å². The smallest absolute Gasteiger partial charge is 0.257 e. The zero-order valence-electron chi connectivity index (χ0n) is 14.6. The van der Waals surface area contributed by atoms with Gasteiger partial charge in [0, 0.05) is 37.9 Å². The second-order valence-corrected chi connectivity index (χ2v) is 6.44. The van der Waals surface area contributed by atoms with Gasteiger partial charge >= 0.3 is 0 Å². The van der Waals surface area contributed by atoms with E-state index in [0.717, 1.165) is 24.2 Å². The number of aryl methyl sites for hydroxylation is 2. The van der Waals surface area contributed by atoms with Crippen molar-refractivity contribution in [3.05, 3.63) is 53.2 Å². The molecule has 1 aliphatic carbocycles. The number of nitrogens with one attached hydrogen (secondary N) is 1. The van der Waals surface area contributed by atoms with E-state index < -0.39 is 0 Å². The molecule has 0 saturated heterocycles. The van der Waals surface area contributed by atoms with Crippen LogP contribution in [0.5, 0.6) is 0 Å². The topological polar surface area (TPSA) is 75.4 Å². The van der Waals surface area contributed by atoms with Gasteiger partial charge < -0.3 is 14.6 Å². The number of nitrogens with zero attached hydrogens (tertiary/aromatic N) is 2. The SMILES string of the molecule is Cc1cc(C(=O)N(CCC(=O)NCc2ccncc2)C2CC2)c(C)o1. The quantitative estimate of drug-likeness (QED) is 0.840. The Bertz CT molecular complexity index is 751. The molecule has 0 spiro atoms. The molecule has 0 aromatic carbocycles. The molecule has 1 aliphatic rings. The van der Waals surface area contributed by atoms with Gasteiger partial charge in [0.2, 0.25) is 5.91 Å². The first-order chi connectivity index (χ1) is 12.0. The van der Waals surface area contributed by atoms with Crippen molar-refractivity contribution in [2.45, 2.75) is 45.7 Å². The summed E-state index contributed by atoms with van der Waals surface area (Å²) in [6.45, 7) is 4.53. The molecule has 0 unspecified atom stereocenters. The summed E-state index contributed by atoms with van der Waals surface area (Å²) in [6, 6.07) is 5.75. The van der Waals surface area contributed by atoms with Gasteiger partial charge in [-0.2, -0.15) is 0 Å². The molecule has 6 heteroatoms. The number of pyridine rings is 1. The van der Waals surface area contributed by atoms with Gasteiger partial charge in [0.25, 0.3) is 5.91 Å². The number of hydrogen-bond acceptors (Lipinski definition) is 4. The summed E-state index contributed by atoms with van der Waals surface area (Å²) in [4.78, 5) is 30.7. The van der Waals surface area contributed by atoms with E-state index in [2.05, 4.69) is 10.3 Å². The Labute approximate surface area is 147 Å². The Morgan fingerprint density at radius 2 is 2.00 bits per heavy atom. The van der Waals surface area contributed by atoms with Gasteiger partial charge in [-0.15, -0.1) is 0 Å². The summed E-state index contributed by atoms with van der Waals surface area (Å²) in [5, 5.41) is 2.88. The van der Waals surface area contributed by atoms with E-state index in [-0.39, 0.29) is 17.9 Å². The number of amides is 2. The Morgan fingerprint density at radius 1 is 1.28 bits per heavy atom. The average molecular weight is 341 g/mol. The summed E-state index contributed by atoms with van der Waals surface area (Å²) in [6.07, 6.45) is 5.69. The van der Waals surface area contributed by atoms with Gasteiger partial charge in [-0.1, -0.05) is 0 Å². The lowest BCUT2D eigenvalue weighted by Gasteiger charge is -2.22. The highest BCUT2D eigenvalue weighted by Crippen LogP contribution is 2.29. The average Bonchev–Trinajstić information content (AvgIpc) is 3.38. The molecule has 1 saturated carbocycles. The number of furan rings is 1. The number of carbonyl (C=O) groups is 2. The van der Waals surface area contributed by atoms with E-state index in [9.17, 15) is 9.59 Å². The van der Waals surface area contributed by atoms with Crippen molar-refractivity contribution in [2.75, 3.05) is 6.54 Å². The first kappa shape index (κ1) is 17.2. The molecule has 2 amide bonds. The molecule has 0 bridgehead atoms. The maximum absolute atomic E-state index is 12.8. The number of rotatable bonds is 7. The second kappa shape index (κ2) is 7.51. The third-order valence-corrected chi connectivity index (χ3v) is 4.34. The molecule has 3 rings (SSSR count). The summed E-state index contributed by atoms with van der Waals surface area (Å²) < 4.78 is 5.47. The third-order valence-electron chi connectivity index (χ3n) is 4.34. The molecular weight excluding hydrogens is 318 g/mol. The molecule has 2 heterocycles. The summed E-state index contributed by atoms with van der Waals surface area (Å²) in [5.74, 6) is 1.26. The van der Waals surface area contributed by atoms with Crippen LogP contribution in [-0.4, -0.2) is 34.3 Å². The van der Waals surface area contributed by atoms with Gasteiger partial charge in [-0.05, 0) is 50.5 Å². The Morgan fingerprint density at radius 3 is 2.60 bits per heavy atom. The molecule has 2 aromatic heterocycles. The first-order valence-corrected chi connectivity index (χ1v) is 8.58. The highest BCUT2D eigenvalue weighted by atomic mass is 16.3. The van der Waals surface area contributed by atoms with Crippen molar-refractivity contribution in [1.82, 2.24) is 15.2 Å². The van der Waals surface area contributed by atoms with Crippen molar-refractivity contribution < 1.29 is 14.0 Å². The molecule has 2 aromatic rings. The summed E-state index contributed by atoms with van der Waals surface area (Å²) >= 11 is 0. The summed E-state index contributed by atoms with van der Waals surface area (Å²) in [7, 11) is 0. The molecule has 6 nitrogen and oxygen atoms in total. The Hall–Kier alpha value is -2.63. The minimum atomic E-state index is -0.0599. The lowest BCUT2D eigenvalue weighted by atomic mass is 10.2. The predicted octanol–water partition coefficient (Wildman–Crippen LogP) is 2.60. The first-order valence-electron chi connectivity index (χ1n) is 8.58. The molecule has 25 heavy (non-hydrogen) atoms. The molecule has 1 fully saturated rings. The standard InChI is InChI=1S/C19H23N3O3/c1-13-11-17(14(2)25-13)19(24)22(16-3-4-16)10-7-18(23)21-12-15-5-8-20-9-6-15/h5-6,8-9,11,16H,3-4,7,10,12H2,1-2H3,(H,21,23). The van der Waals surface area contributed by atoms with E-state index in [1.807, 2.05) is 24.0 Å². The largest absolute Gasteiger partial charge is 0.466 e. The molecule has 1 N–H and O–H groups in total. The van der Waals surface area contributed by atoms with Crippen molar-refractivity contribution in [3.63, 3.8) is 0 Å². The van der Waals surface area contributed by atoms with Crippen LogP contribution in [0, 0.1) is 13.8 Å². The fourth-order valence-electron chi connectivity index (χ4n) is 2.85. The van der Waals surface area contributed by atoms with Crippen LogP contribution in [0.25, 0.3) is 0 Å². The van der Waals surface area contributed by atoms with Crippen molar-refractivity contribution in [2.24, 2.45) is 0 Å². The maximum atomic E-state index is 12.8. The van der Waals surface area contributed by atoms with Crippen LogP contribution in [0.1, 0.15) is 46.7 Å². The van der Waals surface area contributed by atoms with E-state index in [1.54, 1.807) is 25.4 Å². The summed E-state index contributed by atoms with van der Waals surface area (Å²) in [5.41, 5.74) is 1.60. The minimum absolute atomic E-state index is 0.0428. The normalized spacial score (nSPS) is 13.5. The number of aromatic nitrogens is 1. The highest BCUT2D eigenvalue weighted by Gasteiger charge is 2.34. The van der Waals surface area contributed by atoms with E-state index >= 15 is 0 Å². The van der Waals surface area contributed by atoms with Crippen molar-refractivity contribution in [1.29, 1.82) is 0 Å². The highest BCUT2D eigenvalue weighted by molar-refractivity contribution is 5.96. The fraction of sp³-hybridized carbons (Fsp3) is 0.421. The zero-order chi connectivity index (χ0) is 17.8. The third kappa shape index (κ3) is 4.47. The Balaban J connectivity index is 1.54. The predicted molar refractivity (Wildman–Crippen MR) is 92.9 cm³/mol. The van der Waals surface area contributed by atoms with Crippen LogP contribution in [0.15, 0.2) is 35.0 Å².